The monoisotopic (exact) mass is 281 g/mol. The first-order valence-electron chi connectivity index (χ1n) is 7.32. The minimum Gasteiger partial charge on any atom is -0.383 e. The second-order valence-electron chi connectivity index (χ2n) is 4.64. The quantitative estimate of drug-likeness (QED) is 0.659. The normalized spacial score (nSPS) is 11.0. The molecule has 0 aliphatic heterocycles. The lowest BCUT2D eigenvalue weighted by Gasteiger charge is -2.14. The van der Waals surface area contributed by atoms with E-state index in [0.29, 0.717) is 6.61 Å². The van der Waals surface area contributed by atoms with Crippen molar-refractivity contribution < 1.29 is 9.47 Å². The summed E-state index contributed by atoms with van der Waals surface area (Å²) in [7, 11) is 3.39. The van der Waals surface area contributed by atoms with Crippen molar-refractivity contribution in [3.05, 3.63) is 22.8 Å². The molecule has 114 valence electrons. The van der Waals surface area contributed by atoms with Crippen LogP contribution in [0.15, 0.2) is 0 Å². The number of nitrogens with zero attached hydrogens (tertiary/aromatic N) is 2. The van der Waals surface area contributed by atoms with Crippen LogP contribution in [0.5, 0.6) is 0 Å². The molecule has 20 heavy (non-hydrogen) atoms. The average Bonchev–Trinajstić information content (AvgIpc) is 2.47. The molecule has 0 saturated heterocycles. The van der Waals surface area contributed by atoms with Crippen LogP contribution in [0.2, 0.25) is 0 Å². The first-order valence-corrected chi connectivity index (χ1v) is 7.32. The molecule has 1 rings (SSSR count). The van der Waals surface area contributed by atoms with E-state index < -0.39 is 0 Å². The van der Waals surface area contributed by atoms with Gasteiger partial charge in [0.1, 0.15) is 6.61 Å². The van der Waals surface area contributed by atoms with Gasteiger partial charge in [-0.3, -0.25) is 0 Å². The van der Waals surface area contributed by atoms with E-state index in [2.05, 4.69) is 29.1 Å². The highest BCUT2D eigenvalue weighted by molar-refractivity contribution is 5.27. The summed E-state index contributed by atoms with van der Waals surface area (Å²) in [6.07, 6.45) is 2.82. The van der Waals surface area contributed by atoms with Gasteiger partial charge in [0.25, 0.3) is 0 Å². The fourth-order valence-electron chi connectivity index (χ4n) is 2.22. The van der Waals surface area contributed by atoms with Crippen molar-refractivity contribution in [3.63, 3.8) is 0 Å². The number of nitrogens with one attached hydrogen (secondary N) is 1. The van der Waals surface area contributed by atoms with E-state index in [1.165, 1.54) is 5.56 Å². The summed E-state index contributed by atoms with van der Waals surface area (Å²) in [6, 6.07) is 0. The van der Waals surface area contributed by atoms with Gasteiger partial charge in [-0.1, -0.05) is 13.8 Å². The first-order chi connectivity index (χ1) is 9.76. The number of hydrogen-bond donors (Lipinski definition) is 1. The number of methoxy groups -OCH3 is 2. The third-order valence-electron chi connectivity index (χ3n) is 3.20. The summed E-state index contributed by atoms with van der Waals surface area (Å²) in [5.41, 5.74) is 3.59. The van der Waals surface area contributed by atoms with Crippen molar-refractivity contribution in [3.8, 4) is 0 Å². The van der Waals surface area contributed by atoms with E-state index >= 15 is 0 Å². The molecule has 0 spiro atoms. The molecule has 0 aliphatic carbocycles. The molecule has 1 aromatic heterocycles. The van der Waals surface area contributed by atoms with Gasteiger partial charge in [-0.05, 0) is 31.4 Å². The van der Waals surface area contributed by atoms with E-state index in [4.69, 9.17) is 9.47 Å². The maximum absolute atomic E-state index is 5.14. The Kier molecular flexibility index (Phi) is 8.34. The highest BCUT2D eigenvalue weighted by Crippen LogP contribution is 2.14. The number of ether oxygens (including phenoxy) is 2. The van der Waals surface area contributed by atoms with Gasteiger partial charge >= 0.3 is 0 Å². The van der Waals surface area contributed by atoms with Crippen LogP contribution in [-0.4, -0.2) is 43.9 Å². The second kappa shape index (κ2) is 9.80. The third kappa shape index (κ3) is 5.15. The van der Waals surface area contributed by atoms with Crippen LogP contribution in [0.1, 0.15) is 36.6 Å². The van der Waals surface area contributed by atoms with E-state index in [1.807, 2.05) is 0 Å². The lowest BCUT2D eigenvalue weighted by atomic mass is 10.0. The molecule has 0 atom stereocenters. The number of aromatic nitrogens is 2. The fourth-order valence-corrected chi connectivity index (χ4v) is 2.22. The molecule has 1 heterocycles. The van der Waals surface area contributed by atoms with Crippen molar-refractivity contribution >= 4 is 0 Å². The zero-order valence-corrected chi connectivity index (χ0v) is 13.2. The highest BCUT2D eigenvalue weighted by Gasteiger charge is 2.11. The van der Waals surface area contributed by atoms with Crippen LogP contribution in [0.3, 0.4) is 0 Å². The van der Waals surface area contributed by atoms with Gasteiger partial charge < -0.3 is 14.8 Å². The van der Waals surface area contributed by atoms with E-state index in [-0.39, 0.29) is 0 Å². The molecule has 0 bridgehead atoms. The largest absolute Gasteiger partial charge is 0.383 e. The van der Waals surface area contributed by atoms with Crippen molar-refractivity contribution in [2.45, 2.75) is 39.7 Å². The lowest BCUT2D eigenvalue weighted by Crippen LogP contribution is -2.23. The molecule has 0 aromatic carbocycles. The molecule has 1 N–H and O–H groups in total. The maximum Gasteiger partial charge on any atom is 0.154 e. The Morgan fingerprint density at radius 2 is 1.60 bits per heavy atom. The van der Waals surface area contributed by atoms with Crippen LogP contribution < -0.4 is 5.32 Å². The van der Waals surface area contributed by atoms with Crippen LogP contribution in [0.4, 0.5) is 0 Å². The first kappa shape index (κ1) is 17.0. The number of aryl methyl sites for hydroxylation is 2. The second-order valence-corrected chi connectivity index (χ2v) is 4.64. The SMILES string of the molecule is CCc1nc(COC)nc(CC)c1CCNCCOC. The summed E-state index contributed by atoms with van der Waals surface area (Å²) < 4.78 is 10.2. The van der Waals surface area contributed by atoms with Gasteiger partial charge in [0.05, 0.1) is 6.61 Å². The summed E-state index contributed by atoms with van der Waals surface area (Å²) in [4.78, 5) is 9.23. The highest BCUT2D eigenvalue weighted by atomic mass is 16.5. The molecule has 0 fully saturated rings. The van der Waals surface area contributed by atoms with Crippen LogP contribution in [-0.2, 0) is 35.3 Å². The molecular weight excluding hydrogens is 254 g/mol. The summed E-state index contributed by atoms with van der Waals surface area (Å²) in [6.45, 7) is 7.30. The minimum atomic E-state index is 0.479. The topological polar surface area (TPSA) is 56.3 Å². The molecular formula is C15H27N3O2. The summed E-state index contributed by atoms with van der Waals surface area (Å²) >= 11 is 0. The van der Waals surface area contributed by atoms with Gasteiger partial charge in [0.2, 0.25) is 0 Å². The molecule has 0 amide bonds. The zero-order valence-electron chi connectivity index (χ0n) is 13.2. The number of rotatable bonds is 10. The predicted octanol–water partition coefficient (Wildman–Crippen LogP) is 1.53. The van der Waals surface area contributed by atoms with Crippen molar-refractivity contribution in [1.82, 2.24) is 15.3 Å². The van der Waals surface area contributed by atoms with Gasteiger partial charge in [0.15, 0.2) is 5.82 Å². The van der Waals surface area contributed by atoms with Crippen molar-refractivity contribution in [1.29, 1.82) is 0 Å². The maximum atomic E-state index is 5.14. The van der Waals surface area contributed by atoms with E-state index in [9.17, 15) is 0 Å². The zero-order chi connectivity index (χ0) is 14.8. The third-order valence-corrected chi connectivity index (χ3v) is 3.20. The van der Waals surface area contributed by atoms with Crippen molar-refractivity contribution in [2.24, 2.45) is 0 Å². The van der Waals surface area contributed by atoms with E-state index in [1.54, 1.807) is 14.2 Å². The summed E-state index contributed by atoms with van der Waals surface area (Å²) in [5.74, 6) is 0.789. The smallest absolute Gasteiger partial charge is 0.154 e. The Morgan fingerprint density at radius 3 is 2.10 bits per heavy atom. The number of hydrogen-bond acceptors (Lipinski definition) is 5. The van der Waals surface area contributed by atoms with Gasteiger partial charge in [0, 0.05) is 32.2 Å². The van der Waals surface area contributed by atoms with Crippen LogP contribution in [0.25, 0.3) is 0 Å². The van der Waals surface area contributed by atoms with Crippen molar-refractivity contribution in [2.75, 3.05) is 33.9 Å². The lowest BCUT2D eigenvalue weighted by molar-refractivity contribution is 0.177. The standard InChI is InChI=1S/C15H27N3O2/c1-5-13-12(7-8-16-9-10-19-3)14(6-2)18-15(17-13)11-20-4/h16H,5-11H2,1-4H3. The molecule has 5 nitrogen and oxygen atoms in total. The summed E-state index contributed by atoms with van der Waals surface area (Å²) in [5, 5.41) is 3.37. The predicted molar refractivity (Wildman–Crippen MR) is 80.0 cm³/mol. The molecule has 0 saturated carbocycles. The minimum absolute atomic E-state index is 0.479. The molecule has 0 aliphatic rings. The van der Waals surface area contributed by atoms with Gasteiger partial charge in [-0.2, -0.15) is 0 Å². The Morgan fingerprint density at radius 1 is 0.950 bits per heavy atom. The fraction of sp³-hybridized carbons (Fsp3) is 0.733. The average molecular weight is 281 g/mol. The Labute approximate surface area is 122 Å². The Balaban J connectivity index is 2.76. The molecule has 5 heteroatoms. The molecule has 0 unspecified atom stereocenters. The van der Waals surface area contributed by atoms with Crippen LogP contribution >= 0.6 is 0 Å². The van der Waals surface area contributed by atoms with Crippen LogP contribution in [0, 0.1) is 0 Å². The molecule has 1 aromatic rings. The van der Waals surface area contributed by atoms with E-state index in [0.717, 1.165) is 56.2 Å². The Hall–Kier alpha value is -1.04. The van der Waals surface area contributed by atoms with Gasteiger partial charge in [-0.25, -0.2) is 9.97 Å². The Bertz CT molecular complexity index is 372. The van der Waals surface area contributed by atoms with Gasteiger partial charge in [-0.15, -0.1) is 0 Å². The molecule has 0 radical (unpaired) electrons.